The van der Waals surface area contributed by atoms with Gasteiger partial charge < -0.3 is 14.8 Å². The number of nitriles is 1. The summed E-state index contributed by atoms with van der Waals surface area (Å²) in [5.74, 6) is 0.887. The van der Waals surface area contributed by atoms with E-state index in [1.165, 1.54) is 0 Å². The Labute approximate surface area is 225 Å². The van der Waals surface area contributed by atoms with E-state index in [-0.39, 0.29) is 5.57 Å². The van der Waals surface area contributed by atoms with Gasteiger partial charge in [0.2, 0.25) is 0 Å². The van der Waals surface area contributed by atoms with Gasteiger partial charge in [0.05, 0.1) is 7.11 Å². The average Bonchev–Trinajstić information content (AvgIpc) is 2.93. The maximum Gasteiger partial charge on any atom is 0.266 e. The fourth-order valence-electron chi connectivity index (χ4n) is 3.73. The van der Waals surface area contributed by atoms with E-state index in [9.17, 15) is 10.1 Å². The molecule has 5 nitrogen and oxygen atoms in total. The number of ether oxygens (including phenoxy) is 2. The SMILES string of the molecule is COc1cc(/C=C(\C#N)C(=O)Nc2ccc(OCc3ccccc3)cc2)ccc1Cc1ccccc1Br. The molecule has 0 saturated heterocycles. The highest BCUT2D eigenvalue weighted by atomic mass is 79.9. The molecule has 0 unspecified atom stereocenters. The first-order chi connectivity index (χ1) is 18.1. The highest BCUT2D eigenvalue weighted by Gasteiger charge is 2.12. The second-order valence-corrected chi connectivity index (χ2v) is 9.12. The second kappa shape index (κ2) is 12.6. The first-order valence-electron chi connectivity index (χ1n) is 11.7. The van der Waals surface area contributed by atoms with E-state index in [0.717, 1.165) is 21.2 Å². The van der Waals surface area contributed by atoms with E-state index >= 15 is 0 Å². The molecule has 0 heterocycles. The van der Waals surface area contributed by atoms with Crippen molar-refractivity contribution >= 4 is 33.6 Å². The highest BCUT2D eigenvalue weighted by Crippen LogP contribution is 2.27. The zero-order valence-electron chi connectivity index (χ0n) is 20.3. The van der Waals surface area contributed by atoms with Gasteiger partial charge >= 0.3 is 0 Å². The first-order valence-corrected chi connectivity index (χ1v) is 12.5. The zero-order valence-corrected chi connectivity index (χ0v) is 21.9. The minimum absolute atomic E-state index is 0.00925. The van der Waals surface area contributed by atoms with Gasteiger partial charge in [0.1, 0.15) is 29.7 Å². The minimum atomic E-state index is -0.489. The average molecular weight is 553 g/mol. The molecular weight excluding hydrogens is 528 g/mol. The summed E-state index contributed by atoms with van der Waals surface area (Å²) in [5, 5.41) is 12.4. The lowest BCUT2D eigenvalue weighted by Crippen LogP contribution is -2.13. The number of hydrogen-bond acceptors (Lipinski definition) is 4. The molecule has 1 amide bonds. The molecule has 37 heavy (non-hydrogen) atoms. The predicted octanol–water partition coefficient (Wildman–Crippen LogP) is 7.17. The van der Waals surface area contributed by atoms with Crippen LogP contribution in [0.5, 0.6) is 11.5 Å². The van der Waals surface area contributed by atoms with Crippen molar-refractivity contribution in [3.8, 4) is 17.6 Å². The van der Waals surface area contributed by atoms with Crippen LogP contribution in [0, 0.1) is 11.3 Å². The number of halogens is 1. The number of methoxy groups -OCH3 is 1. The molecule has 0 atom stereocenters. The highest BCUT2D eigenvalue weighted by molar-refractivity contribution is 9.10. The van der Waals surface area contributed by atoms with Crippen molar-refractivity contribution in [2.45, 2.75) is 13.0 Å². The third-order valence-corrected chi connectivity index (χ3v) is 6.46. The lowest BCUT2D eigenvalue weighted by Gasteiger charge is -2.11. The molecule has 184 valence electrons. The third-order valence-electron chi connectivity index (χ3n) is 5.69. The Hall–Kier alpha value is -4.34. The van der Waals surface area contributed by atoms with Gasteiger partial charge in [-0.1, -0.05) is 76.6 Å². The molecule has 4 aromatic rings. The van der Waals surface area contributed by atoms with Crippen LogP contribution in [0.1, 0.15) is 22.3 Å². The number of amides is 1. The van der Waals surface area contributed by atoms with Crippen molar-refractivity contribution < 1.29 is 14.3 Å². The Morgan fingerprint density at radius 3 is 2.38 bits per heavy atom. The van der Waals surface area contributed by atoms with Crippen LogP contribution in [-0.2, 0) is 17.8 Å². The van der Waals surface area contributed by atoms with Crippen LogP contribution >= 0.6 is 15.9 Å². The number of benzene rings is 4. The molecule has 0 aliphatic rings. The summed E-state index contributed by atoms with van der Waals surface area (Å²) in [6, 6.07) is 32.6. The van der Waals surface area contributed by atoms with Crippen molar-refractivity contribution in [2.75, 3.05) is 12.4 Å². The molecule has 0 saturated carbocycles. The van der Waals surface area contributed by atoms with Gasteiger partial charge in [-0.15, -0.1) is 0 Å². The van der Waals surface area contributed by atoms with Crippen molar-refractivity contribution in [1.82, 2.24) is 0 Å². The topological polar surface area (TPSA) is 71.3 Å². The van der Waals surface area contributed by atoms with Crippen LogP contribution < -0.4 is 14.8 Å². The van der Waals surface area contributed by atoms with Gasteiger partial charge in [0.15, 0.2) is 0 Å². The molecule has 0 aliphatic carbocycles. The van der Waals surface area contributed by atoms with Crippen molar-refractivity contribution in [3.05, 3.63) is 129 Å². The molecule has 0 aliphatic heterocycles. The van der Waals surface area contributed by atoms with Crippen LogP contribution in [0.4, 0.5) is 5.69 Å². The van der Waals surface area contributed by atoms with Gasteiger partial charge in [-0.2, -0.15) is 5.26 Å². The summed E-state index contributed by atoms with van der Waals surface area (Å²) in [6.07, 6.45) is 2.24. The number of carbonyl (C=O) groups is 1. The molecular formula is C31H25BrN2O3. The lowest BCUT2D eigenvalue weighted by atomic mass is 10.0. The van der Waals surface area contributed by atoms with Gasteiger partial charge in [0.25, 0.3) is 5.91 Å². The standard InChI is InChI=1S/C31H25BrN2O3/c1-36-30-18-23(11-12-25(30)19-24-9-5-6-10-29(24)32)17-26(20-33)31(35)34-27-13-15-28(16-14-27)37-21-22-7-3-2-4-8-22/h2-18H,19,21H2,1H3,(H,34,35)/b26-17+. The van der Waals surface area contributed by atoms with Crippen LogP contribution in [0.25, 0.3) is 6.08 Å². The number of carbonyl (C=O) groups excluding carboxylic acids is 1. The summed E-state index contributed by atoms with van der Waals surface area (Å²) < 4.78 is 12.4. The van der Waals surface area contributed by atoms with E-state index in [0.29, 0.717) is 35.8 Å². The summed E-state index contributed by atoms with van der Waals surface area (Å²) in [5.41, 5.74) is 4.47. The number of nitrogens with zero attached hydrogens (tertiary/aromatic N) is 1. The quantitative estimate of drug-likeness (QED) is 0.176. The predicted molar refractivity (Wildman–Crippen MR) is 149 cm³/mol. The second-order valence-electron chi connectivity index (χ2n) is 8.26. The molecule has 0 spiro atoms. The monoisotopic (exact) mass is 552 g/mol. The third kappa shape index (κ3) is 7.09. The van der Waals surface area contributed by atoms with Crippen LogP contribution in [0.2, 0.25) is 0 Å². The van der Waals surface area contributed by atoms with Crippen molar-refractivity contribution in [1.29, 1.82) is 5.26 Å². The number of anilines is 1. The normalized spacial score (nSPS) is 10.9. The van der Waals surface area contributed by atoms with Gasteiger partial charge in [-0.05, 0) is 64.7 Å². The Balaban J connectivity index is 1.42. The van der Waals surface area contributed by atoms with Crippen LogP contribution in [0.3, 0.4) is 0 Å². The molecule has 0 bridgehead atoms. The number of rotatable bonds is 9. The van der Waals surface area contributed by atoms with E-state index < -0.39 is 5.91 Å². The van der Waals surface area contributed by atoms with E-state index in [1.54, 1.807) is 37.5 Å². The van der Waals surface area contributed by atoms with Gasteiger partial charge in [-0.3, -0.25) is 4.79 Å². The fraction of sp³-hybridized carbons (Fsp3) is 0.0968. The van der Waals surface area contributed by atoms with E-state index in [1.807, 2.05) is 72.8 Å². The van der Waals surface area contributed by atoms with Crippen LogP contribution in [-0.4, -0.2) is 13.0 Å². The Morgan fingerprint density at radius 1 is 0.946 bits per heavy atom. The van der Waals surface area contributed by atoms with E-state index in [2.05, 4.69) is 27.3 Å². The van der Waals surface area contributed by atoms with Gasteiger partial charge in [-0.25, -0.2) is 0 Å². The first kappa shape index (κ1) is 25.7. The maximum absolute atomic E-state index is 12.8. The molecule has 0 fully saturated rings. The van der Waals surface area contributed by atoms with Crippen molar-refractivity contribution in [2.24, 2.45) is 0 Å². The Kier molecular flexibility index (Phi) is 8.75. The Morgan fingerprint density at radius 2 is 1.68 bits per heavy atom. The molecule has 4 aromatic carbocycles. The minimum Gasteiger partial charge on any atom is -0.496 e. The summed E-state index contributed by atoms with van der Waals surface area (Å²) >= 11 is 3.58. The fourth-order valence-corrected chi connectivity index (χ4v) is 4.16. The largest absolute Gasteiger partial charge is 0.496 e. The molecule has 0 aromatic heterocycles. The zero-order chi connectivity index (χ0) is 26.0. The Bertz CT molecular complexity index is 1440. The summed E-state index contributed by atoms with van der Waals surface area (Å²) in [4.78, 5) is 12.8. The summed E-state index contributed by atoms with van der Waals surface area (Å²) in [7, 11) is 1.61. The van der Waals surface area contributed by atoms with E-state index in [4.69, 9.17) is 9.47 Å². The number of nitrogens with one attached hydrogen (secondary N) is 1. The van der Waals surface area contributed by atoms with Crippen molar-refractivity contribution in [3.63, 3.8) is 0 Å². The smallest absolute Gasteiger partial charge is 0.266 e. The maximum atomic E-state index is 12.8. The summed E-state index contributed by atoms with van der Waals surface area (Å²) in [6.45, 7) is 0.457. The van der Waals surface area contributed by atoms with Crippen LogP contribution in [0.15, 0.2) is 107 Å². The molecule has 6 heteroatoms. The lowest BCUT2D eigenvalue weighted by molar-refractivity contribution is -0.112. The molecule has 0 radical (unpaired) electrons. The van der Waals surface area contributed by atoms with Gasteiger partial charge in [0, 0.05) is 16.6 Å². The molecule has 1 N–H and O–H groups in total. The number of hydrogen-bond donors (Lipinski definition) is 1. The molecule has 4 rings (SSSR count).